The first-order valence-electron chi connectivity index (χ1n) is 5.50. The van der Waals surface area contributed by atoms with E-state index in [1.54, 1.807) is 24.0 Å². The molecule has 17 heavy (non-hydrogen) atoms. The first kappa shape index (κ1) is 10.6. The summed E-state index contributed by atoms with van der Waals surface area (Å²) in [5.41, 5.74) is 1.77. The number of anilines is 1. The zero-order chi connectivity index (χ0) is 12.2. The van der Waals surface area contributed by atoms with E-state index >= 15 is 0 Å². The van der Waals surface area contributed by atoms with Gasteiger partial charge in [0.15, 0.2) is 0 Å². The van der Waals surface area contributed by atoms with E-state index in [9.17, 15) is 9.59 Å². The highest BCUT2D eigenvalue weighted by Gasteiger charge is 2.44. The van der Waals surface area contributed by atoms with Crippen LogP contribution in [0.2, 0.25) is 5.02 Å². The molecule has 2 amide bonds. The smallest absolute Gasteiger partial charge is 0.250 e. The average molecular weight is 251 g/mol. The second kappa shape index (κ2) is 3.47. The van der Waals surface area contributed by atoms with Gasteiger partial charge >= 0.3 is 0 Å². The predicted molar refractivity (Wildman–Crippen MR) is 64.0 cm³/mol. The third-order valence-electron chi connectivity index (χ3n) is 3.30. The van der Waals surface area contributed by atoms with Crippen molar-refractivity contribution in [2.24, 2.45) is 0 Å². The molecule has 1 aromatic rings. The number of hydrogen-bond acceptors (Lipinski definition) is 2. The Morgan fingerprint density at radius 3 is 2.94 bits per heavy atom. The van der Waals surface area contributed by atoms with Crippen LogP contribution in [0.1, 0.15) is 12.5 Å². The maximum absolute atomic E-state index is 12.1. The lowest BCUT2D eigenvalue weighted by Gasteiger charge is -2.33. The molecular formula is C12H11ClN2O2. The molecule has 1 saturated heterocycles. The number of carbonyl (C=O) groups is 2. The lowest BCUT2D eigenvalue weighted by molar-refractivity contribution is -0.133. The molecule has 1 aromatic carbocycles. The number of fused-ring (bicyclic) bond motifs is 3. The summed E-state index contributed by atoms with van der Waals surface area (Å²) in [6.45, 7) is 1.69. The van der Waals surface area contributed by atoms with Gasteiger partial charge in [0.25, 0.3) is 0 Å². The van der Waals surface area contributed by atoms with E-state index in [1.165, 1.54) is 0 Å². The van der Waals surface area contributed by atoms with Crippen LogP contribution in [0.15, 0.2) is 18.2 Å². The van der Waals surface area contributed by atoms with Gasteiger partial charge in [-0.05, 0) is 24.6 Å². The fourth-order valence-corrected chi connectivity index (χ4v) is 2.63. The van der Waals surface area contributed by atoms with E-state index in [2.05, 4.69) is 5.32 Å². The fraction of sp³-hybridized carbons (Fsp3) is 0.333. The molecule has 2 aliphatic rings. The van der Waals surface area contributed by atoms with Crippen molar-refractivity contribution >= 4 is 29.1 Å². The minimum atomic E-state index is -0.469. The van der Waals surface area contributed by atoms with Crippen LogP contribution in [-0.2, 0) is 16.0 Å². The Bertz CT molecular complexity index is 529. The van der Waals surface area contributed by atoms with Gasteiger partial charge in [0, 0.05) is 17.1 Å². The molecule has 2 aliphatic heterocycles. The number of amides is 2. The van der Waals surface area contributed by atoms with Crippen LogP contribution in [0, 0.1) is 0 Å². The van der Waals surface area contributed by atoms with Gasteiger partial charge in [-0.15, -0.1) is 0 Å². The van der Waals surface area contributed by atoms with Crippen molar-refractivity contribution in [1.82, 2.24) is 5.32 Å². The van der Waals surface area contributed by atoms with Gasteiger partial charge in [0.2, 0.25) is 11.8 Å². The molecule has 2 heterocycles. The van der Waals surface area contributed by atoms with E-state index < -0.39 is 12.1 Å². The number of benzene rings is 1. The summed E-state index contributed by atoms with van der Waals surface area (Å²) in [5.74, 6) is -0.167. The van der Waals surface area contributed by atoms with E-state index in [1.807, 2.05) is 6.07 Å². The maximum Gasteiger partial charge on any atom is 0.250 e. The molecule has 88 valence electrons. The summed E-state index contributed by atoms with van der Waals surface area (Å²) in [4.78, 5) is 25.5. The number of nitrogens with one attached hydrogen (secondary N) is 1. The average Bonchev–Trinajstić information content (AvgIpc) is 2.65. The van der Waals surface area contributed by atoms with Gasteiger partial charge in [0.05, 0.1) is 0 Å². The van der Waals surface area contributed by atoms with Gasteiger partial charge in [-0.1, -0.05) is 17.7 Å². The highest BCUT2D eigenvalue weighted by molar-refractivity contribution is 6.31. The predicted octanol–water partition coefficient (Wildman–Crippen LogP) is 1.12. The zero-order valence-corrected chi connectivity index (χ0v) is 9.99. The first-order chi connectivity index (χ1) is 8.08. The molecule has 5 heteroatoms. The number of nitrogens with zero attached hydrogens (tertiary/aromatic N) is 1. The molecule has 4 nitrogen and oxygen atoms in total. The number of hydrogen-bond donors (Lipinski definition) is 1. The largest absolute Gasteiger partial charge is 0.343 e. The van der Waals surface area contributed by atoms with Gasteiger partial charge in [0.1, 0.15) is 12.1 Å². The molecule has 3 rings (SSSR count). The van der Waals surface area contributed by atoms with Crippen molar-refractivity contribution in [1.29, 1.82) is 0 Å². The van der Waals surface area contributed by atoms with Crippen LogP contribution in [0.3, 0.4) is 0 Å². The van der Waals surface area contributed by atoms with Crippen molar-refractivity contribution in [2.45, 2.75) is 25.4 Å². The Hall–Kier alpha value is -1.55. The summed E-state index contributed by atoms with van der Waals surface area (Å²) in [7, 11) is 0. The van der Waals surface area contributed by atoms with E-state index in [0.717, 1.165) is 11.3 Å². The van der Waals surface area contributed by atoms with E-state index in [4.69, 9.17) is 11.6 Å². The van der Waals surface area contributed by atoms with Crippen LogP contribution in [0.25, 0.3) is 0 Å². The Kier molecular flexibility index (Phi) is 2.16. The van der Waals surface area contributed by atoms with Gasteiger partial charge in [-0.2, -0.15) is 0 Å². The summed E-state index contributed by atoms with van der Waals surface area (Å²) >= 11 is 5.94. The summed E-state index contributed by atoms with van der Waals surface area (Å²) < 4.78 is 0. The standard InChI is InChI=1S/C12H11ClN2O2/c1-6-12(17)15-9-5-8(13)3-2-7(9)4-10(15)11(16)14-6/h2-3,5-6,10H,4H2,1H3,(H,14,16)/t6-,10-/m1/s1. The second-order valence-corrected chi connectivity index (χ2v) is 4.87. The fourth-order valence-electron chi connectivity index (χ4n) is 2.46. The molecule has 0 bridgehead atoms. The Labute approximate surface area is 104 Å². The molecule has 0 unspecified atom stereocenters. The molecule has 0 saturated carbocycles. The van der Waals surface area contributed by atoms with E-state index in [0.29, 0.717) is 11.4 Å². The Morgan fingerprint density at radius 1 is 1.41 bits per heavy atom. The van der Waals surface area contributed by atoms with Crippen molar-refractivity contribution in [3.05, 3.63) is 28.8 Å². The highest BCUT2D eigenvalue weighted by Crippen LogP contribution is 2.36. The molecule has 1 N–H and O–H groups in total. The Balaban J connectivity index is 2.11. The van der Waals surface area contributed by atoms with Crippen molar-refractivity contribution in [2.75, 3.05) is 4.90 Å². The third-order valence-corrected chi connectivity index (χ3v) is 3.54. The molecule has 0 aliphatic carbocycles. The molecular weight excluding hydrogens is 240 g/mol. The number of rotatable bonds is 0. The van der Waals surface area contributed by atoms with Crippen molar-refractivity contribution in [3.63, 3.8) is 0 Å². The SMILES string of the molecule is C[C@H]1NC(=O)[C@H]2Cc3ccc(Cl)cc3N2C1=O. The molecule has 0 spiro atoms. The summed E-state index contributed by atoms with van der Waals surface area (Å²) in [6.07, 6.45) is 0.566. The lowest BCUT2D eigenvalue weighted by Crippen LogP contribution is -2.61. The third kappa shape index (κ3) is 1.44. The molecule has 2 atom stereocenters. The minimum absolute atomic E-state index is 0.0735. The van der Waals surface area contributed by atoms with E-state index in [-0.39, 0.29) is 11.8 Å². The number of piperazine rings is 1. The van der Waals surface area contributed by atoms with Crippen molar-refractivity contribution in [3.8, 4) is 0 Å². The van der Waals surface area contributed by atoms with Crippen LogP contribution in [0.4, 0.5) is 5.69 Å². The van der Waals surface area contributed by atoms with Crippen LogP contribution in [0.5, 0.6) is 0 Å². The van der Waals surface area contributed by atoms with Gasteiger partial charge in [-0.25, -0.2) is 0 Å². The van der Waals surface area contributed by atoms with Gasteiger partial charge in [-0.3, -0.25) is 14.5 Å². The highest BCUT2D eigenvalue weighted by atomic mass is 35.5. The summed E-state index contributed by atoms with van der Waals surface area (Å²) in [6, 6.07) is 4.53. The number of carbonyl (C=O) groups excluding carboxylic acids is 2. The molecule has 1 fully saturated rings. The summed E-state index contributed by atoms with van der Waals surface area (Å²) in [5, 5.41) is 3.27. The zero-order valence-electron chi connectivity index (χ0n) is 9.24. The Morgan fingerprint density at radius 2 is 2.18 bits per heavy atom. The first-order valence-corrected chi connectivity index (χ1v) is 5.87. The lowest BCUT2D eigenvalue weighted by atomic mass is 10.1. The normalized spacial score (nSPS) is 26.6. The topological polar surface area (TPSA) is 49.4 Å². The molecule has 0 aromatic heterocycles. The van der Waals surface area contributed by atoms with Gasteiger partial charge < -0.3 is 5.32 Å². The van der Waals surface area contributed by atoms with Crippen LogP contribution < -0.4 is 10.2 Å². The second-order valence-electron chi connectivity index (χ2n) is 4.43. The maximum atomic E-state index is 12.1. The van der Waals surface area contributed by atoms with Crippen molar-refractivity contribution < 1.29 is 9.59 Å². The quantitative estimate of drug-likeness (QED) is 0.750. The minimum Gasteiger partial charge on any atom is -0.343 e. The van der Waals surface area contributed by atoms with Crippen LogP contribution in [-0.4, -0.2) is 23.9 Å². The monoisotopic (exact) mass is 250 g/mol. The van der Waals surface area contributed by atoms with Crippen LogP contribution >= 0.6 is 11.6 Å². The molecule has 0 radical (unpaired) electrons. The number of halogens is 1.